The molecule has 0 saturated heterocycles. The molecule has 80 valence electrons. The normalized spacial score (nSPS) is 14.1. The van der Waals surface area contributed by atoms with Crippen molar-refractivity contribution in [3.8, 4) is 5.75 Å². The van der Waals surface area contributed by atoms with E-state index >= 15 is 0 Å². The van der Waals surface area contributed by atoms with Crippen LogP contribution in [0.1, 0.15) is 42.1 Å². The largest absolute Gasteiger partial charge is 0.494 e. The van der Waals surface area contributed by atoms with E-state index in [1.165, 1.54) is 5.56 Å². The third kappa shape index (κ3) is 2.20. The number of benzene rings is 1. The summed E-state index contributed by atoms with van der Waals surface area (Å²) in [6, 6.07) is 5.87. The van der Waals surface area contributed by atoms with Gasteiger partial charge in [0.15, 0.2) is 5.78 Å². The Bertz CT molecular complexity index is 369. The van der Waals surface area contributed by atoms with E-state index in [2.05, 4.69) is 6.92 Å². The average Bonchev–Trinajstić information content (AvgIpc) is 2.61. The van der Waals surface area contributed by atoms with Crippen molar-refractivity contribution in [2.75, 3.05) is 6.61 Å². The molecule has 2 rings (SSSR count). The molecule has 2 heteroatoms. The first kappa shape index (κ1) is 10.2. The second-order valence-electron chi connectivity index (χ2n) is 3.94. The van der Waals surface area contributed by atoms with Crippen LogP contribution in [0.4, 0.5) is 0 Å². The summed E-state index contributed by atoms with van der Waals surface area (Å²) in [6.45, 7) is 2.87. The van der Waals surface area contributed by atoms with Crippen LogP contribution in [0.15, 0.2) is 18.2 Å². The van der Waals surface area contributed by atoms with Crippen molar-refractivity contribution in [2.45, 2.75) is 32.6 Å². The van der Waals surface area contributed by atoms with Crippen molar-refractivity contribution in [2.24, 2.45) is 0 Å². The average molecular weight is 204 g/mol. The van der Waals surface area contributed by atoms with Crippen LogP contribution in [0.2, 0.25) is 0 Å². The minimum atomic E-state index is 0.256. The molecule has 0 amide bonds. The molecular weight excluding hydrogens is 188 g/mol. The van der Waals surface area contributed by atoms with Crippen LogP contribution < -0.4 is 4.74 Å². The Labute approximate surface area is 90.3 Å². The van der Waals surface area contributed by atoms with E-state index < -0.39 is 0 Å². The first-order chi connectivity index (χ1) is 7.31. The SMILES string of the molecule is CCCCOc1ccc2c(c1)C(=O)CC2. The summed E-state index contributed by atoms with van der Waals surface area (Å²) in [6.07, 6.45) is 3.74. The highest BCUT2D eigenvalue weighted by atomic mass is 16.5. The summed E-state index contributed by atoms with van der Waals surface area (Å²) < 4.78 is 5.57. The van der Waals surface area contributed by atoms with E-state index in [1.54, 1.807) is 0 Å². The van der Waals surface area contributed by atoms with Gasteiger partial charge < -0.3 is 4.74 Å². The summed E-state index contributed by atoms with van der Waals surface area (Å²) in [5.74, 6) is 1.09. The number of unbranched alkanes of at least 4 members (excludes halogenated alkanes) is 1. The maximum atomic E-state index is 11.5. The van der Waals surface area contributed by atoms with E-state index in [9.17, 15) is 4.79 Å². The Morgan fingerprint density at radius 1 is 1.33 bits per heavy atom. The summed E-state index contributed by atoms with van der Waals surface area (Å²) in [4.78, 5) is 11.5. The van der Waals surface area contributed by atoms with Gasteiger partial charge in [-0.15, -0.1) is 0 Å². The molecule has 0 unspecified atom stereocenters. The van der Waals surface area contributed by atoms with Crippen LogP contribution in [-0.2, 0) is 6.42 Å². The first-order valence-corrected chi connectivity index (χ1v) is 5.60. The zero-order valence-electron chi connectivity index (χ0n) is 9.08. The fourth-order valence-corrected chi connectivity index (χ4v) is 1.84. The number of ether oxygens (including phenoxy) is 1. The maximum absolute atomic E-state index is 11.5. The van der Waals surface area contributed by atoms with Gasteiger partial charge >= 0.3 is 0 Å². The van der Waals surface area contributed by atoms with Gasteiger partial charge in [0.05, 0.1) is 6.61 Å². The maximum Gasteiger partial charge on any atom is 0.163 e. The highest BCUT2D eigenvalue weighted by Crippen LogP contribution is 2.26. The third-order valence-electron chi connectivity index (χ3n) is 2.77. The van der Waals surface area contributed by atoms with Crippen LogP contribution in [-0.4, -0.2) is 12.4 Å². The van der Waals surface area contributed by atoms with Gasteiger partial charge in [0.2, 0.25) is 0 Å². The Morgan fingerprint density at radius 3 is 3.00 bits per heavy atom. The number of carbonyl (C=O) groups is 1. The highest BCUT2D eigenvalue weighted by Gasteiger charge is 2.19. The number of aryl methyl sites for hydroxylation is 1. The Kier molecular flexibility index (Phi) is 3.05. The van der Waals surface area contributed by atoms with Gasteiger partial charge in [0, 0.05) is 12.0 Å². The molecule has 2 nitrogen and oxygen atoms in total. The van der Waals surface area contributed by atoms with Gasteiger partial charge in [-0.05, 0) is 30.5 Å². The van der Waals surface area contributed by atoms with Crippen LogP contribution in [0, 0.1) is 0 Å². The zero-order valence-corrected chi connectivity index (χ0v) is 9.08. The van der Waals surface area contributed by atoms with Gasteiger partial charge in [-0.3, -0.25) is 4.79 Å². The number of Topliss-reactive ketones (excluding diaryl/α,β-unsaturated/α-hetero) is 1. The van der Waals surface area contributed by atoms with Crippen molar-refractivity contribution in [1.29, 1.82) is 0 Å². The minimum absolute atomic E-state index is 0.256. The van der Waals surface area contributed by atoms with Gasteiger partial charge in [-0.25, -0.2) is 0 Å². The fraction of sp³-hybridized carbons (Fsp3) is 0.462. The van der Waals surface area contributed by atoms with Crippen molar-refractivity contribution >= 4 is 5.78 Å². The standard InChI is InChI=1S/C13H16O2/c1-2-3-8-15-11-6-4-10-5-7-13(14)12(10)9-11/h4,6,9H,2-3,5,7-8H2,1H3. The lowest BCUT2D eigenvalue weighted by molar-refractivity contribution is 0.0994. The molecule has 0 radical (unpaired) electrons. The van der Waals surface area contributed by atoms with Crippen LogP contribution >= 0.6 is 0 Å². The Hall–Kier alpha value is -1.31. The lowest BCUT2D eigenvalue weighted by Crippen LogP contribution is -1.98. The quantitative estimate of drug-likeness (QED) is 0.705. The molecule has 0 bridgehead atoms. The smallest absolute Gasteiger partial charge is 0.163 e. The molecule has 15 heavy (non-hydrogen) atoms. The number of ketones is 1. The van der Waals surface area contributed by atoms with E-state index in [0.717, 1.165) is 37.2 Å². The molecule has 0 aliphatic heterocycles. The molecule has 0 aromatic heterocycles. The molecule has 0 heterocycles. The van der Waals surface area contributed by atoms with Crippen molar-refractivity contribution in [3.05, 3.63) is 29.3 Å². The van der Waals surface area contributed by atoms with Crippen LogP contribution in [0.3, 0.4) is 0 Å². The number of rotatable bonds is 4. The number of hydrogen-bond acceptors (Lipinski definition) is 2. The zero-order chi connectivity index (χ0) is 10.7. The molecule has 1 aliphatic carbocycles. The summed E-state index contributed by atoms with van der Waals surface area (Å²) in [5, 5.41) is 0. The van der Waals surface area contributed by atoms with Crippen molar-refractivity contribution in [3.63, 3.8) is 0 Å². The molecule has 0 N–H and O–H groups in total. The van der Waals surface area contributed by atoms with Crippen molar-refractivity contribution in [1.82, 2.24) is 0 Å². The van der Waals surface area contributed by atoms with E-state index in [1.807, 2.05) is 18.2 Å². The molecular formula is C13H16O2. The van der Waals surface area contributed by atoms with Crippen molar-refractivity contribution < 1.29 is 9.53 Å². The topological polar surface area (TPSA) is 26.3 Å². The second kappa shape index (κ2) is 4.47. The van der Waals surface area contributed by atoms with E-state index in [0.29, 0.717) is 6.42 Å². The van der Waals surface area contributed by atoms with Crippen LogP contribution in [0.5, 0.6) is 5.75 Å². The van der Waals surface area contributed by atoms with E-state index in [-0.39, 0.29) is 5.78 Å². The van der Waals surface area contributed by atoms with Gasteiger partial charge in [-0.1, -0.05) is 19.4 Å². The molecule has 0 saturated carbocycles. The second-order valence-corrected chi connectivity index (χ2v) is 3.94. The number of fused-ring (bicyclic) bond motifs is 1. The number of hydrogen-bond donors (Lipinski definition) is 0. The summed E-state index contributed by atoms with van der Waals surface area (Å²) in [5.41, 5.74) is 2.03. The third-order valence-corrected chi connectivity index (χ3v) is 2.77. The minimum Gasteiger partial charge on any atom is -0.494 e. The monoisotopic (exact) mass is 204 g/mol. The van der Waals surface area contributed by atoms with Gasteiger partial charge in [0.1, 0.15) is 5.75 Å². The fourth-order valence-electron chi connectivity index (χ4n) is 1.84. The number of carbonyl (C=O) groups excluding carboxylic acids is 1. The first-order valence-electron chi connectivity index (χ1n) is 5.60. The lowest BCUT2D eigenvalue weighted by Gasteiger charge is -2.06. The Morgan fingerprint density at radius 2 is 2.20 bits per heavy atom. The molecule has 0 atom stereocenters. The predicted molar refractivity (Wildman–Crippen MR) is 59.5 cm³/mol. The van der Waals surface area contributed by atoms with Crippen LogP contribution in [0.25, 0.3) is 0 Å². The van der Waals surface area contributed by atoms with Gasteiger partial charge in [0.25, 0.3) is 0 Å². The molecule has 1 aliphatic rings. The Balaban J connectivity index is 2.08. The molecule has 0 fully saturated rings. The summed E-state index contributed by atoms with van der Waals surface area (Å²) >= 11 is 0. The molecule has 1 aromatic rings. The highest BCUT2D eigenvalue weighted by molar-refractivity contribution is 6.00. The van der Waals surface area contributed by atoms with Gasteiger partial charge in [-0.2, -0.15) is 0 Å². The summed E-state index contributed by atoms with van der Waals surface area (Å²) in [7, 11) is 0. The molecule has 0 spiro atoms. The van der Waals surface area contributed by atoms with E-state index in [4.69, 9.17) is 4.74 Å². The molecule has 1 aromatic carbocycles. The lowest BCUT2D eigenvalue weighted by atomic mass is 10.1. The predicted octanol–water partition coefficient (Wildman–Crippen LogP) is 2.99.